The first-order valence-corrected chi connectivity index (χ1v) is 22.2. The Morgan fingerprint density at radius 1 is 0.172 bits per heavy atom. The summed E-state index contributed by atoms with van der Waals surface area (Å²) in [6.07, 6.45) is 0. The molecule has 0 amide bonds. The van der Waals surface area contributed by atoms with Crippen molar-refractivity contribution in [1.82, 2.24) is 0 Å². The fourth-order valence-corrected chi connectivity index (χ4v) is 15.9. The summed E-state index contributed by atoms with van der Waals surface area (Å²) in [6.45, 7) is 44.5. The van der Waals surface area contributed by atoms with Crippen molar-refractivity contribution in [3.63, 3.8) is 0 Å². The molecule has 0 heteroatoms. The molecular weight excluding hydrogens is 769 g/mol. The molecule has 0 nitrogen and oxygen atoms in total. The van der Waals surface area contributed by atoms with Gasteiger partial charge in [0.2, 0.25) is 0 Å². The summed E-state index contributed by atoms with van der Waals surface area (Å²) in [6, 6.07) is 23.2. The summed E-state index contributed by atoms with van der Waals surface area (Å²) >= 11 is 0. The molecule has 0 N–H and O–H groups in total. The maximum Gasteiger partial charge on any atom is -0.0000000263 e. The average molecular weight is 797 g/mol. The van der Waals surface area contributed by atoms with Gasteiger partial charge in [0.05, 0.1) is 0 Å². The van der Waals surface area contributed by atoms with Gasteiger partial charge in [-0.1, -0.05) is 95.6 Å². The maximum absolute atomic E-state index is 5.11. The Morgan fingerprint density at radius 3 is 0.875 bits per heavy atom. The van der Waals surface area contributed by atoms with E-state index in [-0.39, 0.29) is 0 Å². The largest absolute Gasteiger partial charge is 0.0911 e. The van der Waals surface area contributed by atoms with Crippen molar-refractivity contribution in [2.24, 2.45) is 0 Å². The van der Waals surface area contributed by atoms with Gasteiger partial charge in [0.1, 0.15) is 0 Å². The Balaban J connectivity index is 1.41. The zero-order chi connectivity index (χ0) is 42.1. The van der Waals surface area contributed by atoms with Crippen LogP contribution in [0.5, 0.6) is 0 Å². The van der Waals surface area contributed by atoms with Crippen LogP contribution in [-0.4, -0.2) is 0 Å². The van der Waals surface area contributed by atoms with Crippen LogP contribution < -0.4 is 47.0 Å². The Morgan fingerprint density at radius 2 is 0.422 bits per heavy atom. The van der Waals surface area contributed by atoms with Gasteiger partial charge in [-0.2, -0.15) is 0 Å². The minimum atomic E-state index is 0.986. The number of fused-ring (bicyclic) bond motifs is 1. The van der Waals surface area contributed by atoms with Crippen LogP contribution in [0, 0.1) is 0 Å². The average Bonchev–Trinajstić information content (AvgIpc) is 3.27. The number of hydrogen-bond donors (Lipinski definition) is 0. The van der Waals surface area contributed by atoms with Crippen LogP contribution in [-0.2, 0) is 0 Å². The van der Waals surface area contributed by atoms with Gasteiger partial charge in [-0.25, -0.2) is 0 Å². The van der Waals surface area contributed by atoms with Crippen molar-refractivity contribution in [3.05, 3.63) is 108 Å². The van der Waals surface area contributed by atoms with Crippen molar-refractivity contribution >= 4 is 253 Å². The van der Waals surface area contributed by atoms with E-state index in [4.69, 9.17) is 59.2 Å². The Kier molecular flexibility index (Phi) is 4.04. The van der Waals surface area contributed by atoms with E-state index < -0.39 is 0 Å². The molecule has 19 rings (SSSR count). The van der Waals surface area contributed by atoms with Crippen molar-refractivity contribution < 1.29 is 0 Å². The van der Waals surface area contributed by atoms with E-state index >= 15 is 0 Å². The van der Waals surface area contributed by atoms with Crippen molar-refractivity contribution in [3.8, 4) is 0 Å². The van der Waals surface area contributed by atoms with Gasteiger partial charge in [-0.15, -0.1) is 0 Å². The minimum Gasteiger partial charge on any atom is -0.0911 e. The van der Waals surface area contributed by atoms with Gasteiger partial charge in [-0.05, 0) is 265 Å². The molecule has 0 spiro atoms. The fourth-order valence-electron chi connectivity index (χ4n) is 15.9. The second kappa shape index (κ2) is 8.43. The van der Waals surface area contributed by atoms with Crippen LogP contribution in [0.3, 0.4) is 0 Å². The Bertz CT molecular complexity index is 6050. The third-order valence-electron chi connectivity index (χ3n) is 17.7. The van der Waals surface area contributed by atoms with E-state index in [0.717, 1.165) is 84.7 Å². The quantitative estimate of drug-likeness (QED) is 0.106. The van der Waals surface area contributed by atoms with E-state index in [1.165, 1.54) is 156 Å². The highest BCUT2D eigenvalue weighted by atomic mass is 14.4. The lowest BCUT2D eigenvalue weighted by molar-refractivity contribution is 1.70. The molecule has 0 aliphatic carbocycles. The number of benzene rings is 19. The van der Waals surface area contributed by atoms with Gasteiger partial charge in [0.15, 0.2) is 0 Å². The molecular formula is C64H28. The Labute approximate surface area is 359 Å². The van der Waals surface area contributed by atoms with Crippen LogP contribution in [0.15, 0.2) is 60.7 Å². The lowest BCUT2D eigenvalue weighted by atomic mass is 9.69. The smallest absolute Gasteiger partial charge is 0.0000000263 e. The highest BCUT2D eigenvalue weighted by Crippen LogP contribution is 2.62. The molecule has 0 fully saturated rings. The summed E-state index contributed by atoms with van der Waals surface area (Å²) in [5.41, 5.74) is 0. The van der Waals surface area contributed by atoms with Crippen LogP contribution in [0.2, 0.25) is 0 Å². The molecule has 19 aromatic rings. The SMILES string of the molecule is C=c1ccc2c3ccc4cc(=C)c5c(=C)c6c(=C)c7c(=C)cc8cc9ccc%10cc(=C)c%11c(=C)c%12c(=C)c%13c(=C)c1c2c1c%13c2c%12c%12c%11c%10c9c9c8c7c7c6c6c5c4c3c1c6c2c7c9%12. The van der Waals surface area contributed by atoms with Crippen LogP contribution in [0.25, 0.3) is 253 Å². The molecule has 0 saturated carbocycles. The van der Waals surface area contributed by atoms with E-state index in [2.05, 4.69) is 60.7 Å². The topological polar surface area (TPSA) is 0 Å². The molecule has 0 radical (unpaired) electrons. The number of rotatable bonds is 0. The molecule has 284 valence electrons. The zero-order valence-electron chi connectivity index (χ0n) is 34.6. The van der Waals surface area contributed by atoms with Gasteiger partial charge in [0.25, 0.3) is 0 Å². The van der Waals surface area contributed by atoms with Crippen LogP contribution >= 0.6 is 0 Å². The second-order valence-electron chi connectivity index (χ2n) is 20.0. The van der Waals surface area contributed by atoms with Crippen LogP contribution in [0.4, 0.5) is 0 Å². The predicted molar refractivity (Wildman–Crippen MR) is 287 cm³/mol. The predicted octanol–water partition coefficient (Wildman–Crippen LogP) is 10.7. The van der Waals surface area contributed by atoms with Crippen LogP contribution in [0.1, 0.15) is 0 Å². The molecule has 64 heavy (non-hydrogen) atoms. The summed E-state index contributed by atoms with van der Waals surface area (Å²) in [7, 11) is 0. The lowest BCUT2D eigenvalue weighted by Gasteiger charge is -2.33. The fraction of sp³-hybridized carbons (Fsp3) is 0. The zero-order valence-corrected chi connectivity index (χ0v) is 34.6. The normalized spacial score (nSPS) is 14.2. The first kappa shape index (κ1) is 30.7. The van der Waals surface area contributed by atoms with E-state index in [1.54, 1.807) is 0 Å². The van der Waals surface area contributed by atoms with E-state index in [1.807, 2.05) is 0 Å². The van der Waals surface area contributed by atoms with E-state index in [9.17, 15) is 0 Å². The summed E-state index contributed by atoms with van der Waals surface area (Å²) in [5.74, 6) is 0. The molecule has 0 bridgehead atoms. The summed E-state index contributed by atoms with van der Waals surface area (Å²) in [4.78, 5) is 0. The minimum absolute atomic E-state index is 0.986. The third kappa shape index (κ3) is 2.45. The second-order valence-corrected chi connectivity index (χ2v) is 20.0. The summed E-state index contributed by atoms with van der Waals surface area (Å²) < 4.78 is 0. The first-order valence-electron chi connectivity index (χ1n) is 22.2. The molecule has 19 aromatic carbocycles. The molecule has 0 aliphatic heterocycles. The lowest BCUT2D eigenvalue weighted by Crippen LogP contribution is -2.25. The van der Waals surface area contributed by atoms with Gasteiger partial charge >= 0.3 is 0 Å². The van der Waals surface area contributed by atoms with Crippen molar-refractivity contribution in [2.45, 2.75) is 0 Å². The molecule has 0 unspecified atom stereocenters. The van der Waals surface area contributed by atoms with E-state index in [0.29, 0.717) is 0 Å². The molecule has 0 aromatic heterocycles. The van der Waals surface area contributed by atoms with Crippen molar-refractivity contribution in [1.29, 1.82) is 0 Å². The Hall–Kier alpha value is -8.32. The van der Waals surface area contributed by atoms with Gasteiger partial charge < -0.3 is 0 Å². The highest BCUT2D eigenvalue weighted by molar-refractivity contribution is 6.66. The molecule has 0 aliphatic rings. The molecule has 0 saturated heterocycles. The monoisotopic (exact) mass is 796 g/mol. The van der Waals surface area contributed by atoms with Gasteiger partial charge in [0, 0.05) is 0 Å². The van der Waals surface area contributed by atoms with Gasteiger partial charge in [-0.3, -0.25) is 0 Å². The third-order valence-corrected chi connectivity index (χ3v) is 17.7. The number of hydrogen-bond acceptors (Lipinski definition) is 0. The standard InChI is InChI=1S/C64H28/c1-20-10-14-33-34-15-13-30-17-22(3)37-25(6)39-26(7)38-23(4)18-32-19-31-12-11-29-16-21(2)36-27(8)41-28(9)40-24(5)35(20)46(33)55-51(40)60-53(41)57-48(36)42(29)43(31)54-45(32)50(38)59-52(39)58-49(37)44(30)47(34)56(55)62(58)64(60)63(59)61(54)57/h10-19H,1-9H2. The highest BCUT2D eigenvalue weighted by Gasteiger charge is 2.37. The summed E-state index contributed by atoms with van der Waals surface area (Å²) in [5, 5.41) is 54.3. The maximum atomic E-state index is 5.11. The van der Waals surface area contributed by atoms with Crippen molar-refractivity contribution in [2.75, 3.05) is 0 Å². The molecule has 0 atom stereocenters. The molecule has 0 heterocycles. The first-order chi connectivity index (χ1) is 31.1.